The van der Waals surface area contributed by atoms with Crippen molar-refractivity contribution >= 4 is 29.9 Å². The summed E-state index contributed by atoms with van der Waals surface area (Å²) in [6, 6.07) is 5.18. The van der Waals surface area contributed by atoms with Crippen LogP contribution in [0.1, 0.15) is 44.4 Å². The average molecular weight is 472 g/mol. The molecule has 25 heavy (non-hydrogen) atoms. The molecule has 1 aromatic carbocycles. The normalized spacial score (nSPS) is 13.5. The van der Waals surface area contributed by atoms with Crippen LogP contribution < -0.4 is 11.1 Å². The van der Waals surface area contributed by atoms with Crippen LogP contribution in [0.15, 0.2) is 29.3 Å². The van der Waals surface area contributed by atoms with Gasteiger partial charge in [0.2, 0.25) is 0 Å². The lowest BCUT2D eigenvalue weighted by atomic mass is 10.0. The van der Waals surface area contributed by atoms with Gasteiger partial charge < -0.3 is 11.1 Å². The molecule has 4 nitrogen and oxygen atoms in total. The first-order chi connectivity index (χ1) is 11.3. The summed E-state index contributed by atoms with van der Waals surface area (Å²) in [4.78, 5) is 6.50. The van der Waals surface area contributed by atoms with E-state index in [1.54, 1.807) is 0 Å². The number of benzene rings is 1. The zero-order valence-corrected chi connectivity index (χ0v) is 17.3. The number of nitrogens with zero attached hydrogens (tertiary/aromatic N) is 2. The Labute approximate surface area is 165 Å². The Morgan fingerprint density at radius 1 is 1.16 bits per heavy atom. The minimum atomic E-state index is -4.32. The molecule has 0 fully saturated rings. The molecule has 1 rings (SSSR count). The number of hydrogen-bond acceptors (Lipinski definition) is 2. The van der Waals surface area contributed by atoms with Gasteiger partial charge >= 0.3 is 6.18 Å². The first-order valence-electron chi connectivity index (χ1n) is 8.28. The summed E-state index contributed by atoms with van der Waals surface area (Å²) in [5, 5.41) is 3.00. The monoisotopic (exact) mass is 472 g/mol. The number of nitrogens with one attached hydrogen (secondary N) is 1. The molecule has 0 amide bonds. The molecular formula is C17H28F3IN4. The molecule has 0 saturated heterocycles. The second-order valence-electron chi connectivity index (χ2n) is 5.51. The van der Waals surface area contributed by atoms with Crippen LogP contribution in [-0.4, -0.2) is 37.0 Å². The lowest BCUT2D eigenvalue weighted by Crippen LogP contribution is -2.35. The molecule has 1 aromatic rings. The van der Waals surface area contributed by atoms with Crippen LogP contribution in [-0.2, 0) is 6.18 Å². The van der Waals surface area contributed by atoms with E-state index in [-0.39, 0.29) is 30.0 Å². The number of guanidine groups is 1. The van der Waals surface area contributed by atoms with Crippen LogP contribution in [0.25, 0.3) is 0 Å². The van der Waals surface area contributed by atoms with Gasteiger partial charge in [0, 0.05) is 6.54 Å². The van der Waals surface area contributed by atoms with Crippen LogP contribution in [0.3, 0.4) is 0 Å². The van der Waals surface area contributed by atoms with Crippen LogP contribution in [0, 0.1) is 0 Å². The summed E-state index contributed by atoms with van der Waals surface area (Å²) >= 11 is 0. The summed E-state index contributed by atoms with van der Waals surface area (Å²) in [6.45, 7) is 8.76. The predicted octanol–water partition coefficient (Wildman–Crippen LogP) is 4.02. The van der Waals surface area contributed by atoms with Crippen molar-refractivity contribution < 1.29 is 13.2 Å². The molecule has 0 bridgehead atoms. The molecular weight excluding hydrogens is 444 g/mol. The third kappa shape index (κ3) is 7.81. The Hall–Kier alpha value is -1.03. The summed E-state index contributed by atoms with van der Waals surface area (Å²) < 4.78 is 38.2. The Balaban J connectivity index is 0.00000576. The summed E-state index contributed by atoms with van der Waals surface area (Å²) in [6.07, 6.45) is -3.38. The van der Waals surface area contributed by atoms with Crippen molar-refractivity contribution in [1.29, 1.82) is 0 Å². The standard InChI is InChI=1S/C17H27F3N4.HI/c1-4-11-22-16(21)23-12-15(24(5-2)6-3)13-7-9-14(10-8-13)17(18,19)20;/h7-10,15H,4-6,11-12H2,1-3H3,(H3,21,22,23);1H. The van der Waals surface area contributed by atoms with Crippen LogP contribution in [0.2, 0.25) is 0 Å². The van der Waals surface area contributed by atoms with Crippen molar-refractivity contribution in [2.75, 3.05) is 26.2 Å². The molecule has 1 unspecified atom stereocenters. The van der Waals surface area contributed by atoms with E-state index in [4.69, 9.17) is 5.73 Å². The maximum atomic E-state index is 12.7. The summed E-state index contributed by atoms with van der Waals surface area (Å²) in [7, 11) is 0. The lowest BCUT2D eigenvalue weighted by Gasteiger charge is -2.29. The van der Waals surface area contributed by atoms with E-state index in [1.807, 2.05) is 20.8 Å². The molecule has 1 atom stereocenters. The van der Waals surface area contributed by atoms with Crippen molar-refractivity contribution in [3.05, 3.63) is 35.4 Å². The fraction of sp³-hybridized carbons (Fsp3) is 0.588. The minimum absolute atomic E-state index is 0. The summed E-state index contributed by atoms with van der Waals surface area (Å²) in [5.74, 6) is 0.362. The van der Waals surface area contributed by atoms with Crippen LogP contribution >= 0.6 is 24.0 Å². The largest absolute Gasteiger partial charge is 0.416 e. The Morgan fingerprint density at radius 2 is 1.72 bits per heavy atom. The van der Waals surface area contributed by atoms with Crippen molar-refractivity contribution in [1.82, 2.24) is 10.2 Å². The Morgan fingerprint density at radius 3 is 2.16 bits per heavy atom. The second-order valence-corrected chi connectivity index (χ2v) is 5.51. The maximum absolute atomic E-state index is 12.7. The zero-order valence-electron chi connectivity index (χ0n) is 14.9. The fourth-order valence-electron chi connectivity index (χ4n) is 2.48. The number of hydrogen-bond donors (Lipinski definition) is 2. The minimum Gasteiger partial charge on any atom is -0.370 e. The highest BCUT2D eigenvalue weighted by Crippen LogP contribution is 2.30. The van der Waals surface area contributed by atoms with E-state index in [1.165, 1.54) is 12.1 Å². The molecule has 0 heterocycles. The molecule has 0 spiro atoms. The topological polar surface area (TPSA) is 53.6 Å². The van der Waals surface area contributed by atoms with Crippen molar-refractivity contribution in [3.8, 4) is 0 Å². The molecule has 0 aliphatic heterocycles. The highest BCUT2D eigenvalue weighted by Gasteiger charge is 2.30. The molecule has 0 radical (unpaired) electrons. The number of halogens is 4. The highest BCUT2D eigenvalue weighted by atomic mass is 127. The van der Waals surface area contributed by atoms with Gasteiger partial charge in [0.25, 0.3) is 0 Å². The van der Waals surface area contributed by atoms with E-state index in [0.717, 1.165) is 43.8 Å². The van der Waals surface area contributed by atoms with Crippen molar-refractivity contribution in [2.45, 2.75) is 39.4 Å². The second kappa shape index (κ2) is 11.6. The number of alkyl halides is 3. The first kappa shape index (κ1) is 24.0. The number of likely N-dealkylation sites (N-methyl/N-ethyl adjacent to an activating group) is 1. The van der Waals surface area contributed by atoms with Gasteiger partial charge in [-0.2, -0.15) is 13.2 Å². The van der Waals surface area contributed by atoms with Gasteiger partial charge in [-0.25, -0.2) is 0 Å². The number of nitrogens with two attached hydrogens (primary N) is 1. The van der Waals surface area contributed by atoms with Gasteiger partial charge in [0.05, 0.1) is 18.2 Å². The van der Waals surface area contributed by atoms with E-state index in [9.17, 15) is 13.2 Å². The van der Waals surface area contributed by atoms with E-state index in [2.05, 4.69) is 15.2 Å². The summed E-state index contributed by atoms with van der Waals surface area (Å²) in [5.41, 5.74) is 5.98. The molecule has 144 valence electrons. The third-order valence-electron chi connectivity index (χ3n) is 3.87. The highest BCUT2D eigenvalue weighted by molar-refractivity contribution is 14.0. The van der Waals surface area contributed by atoms with Gasteiger partial charge in [0.15, 0.2) is 5.96 Å². The zero-order chi connectivity index (χ0) is 18.2. The molecule has 3 N–H and O–H groups in total. The van der Waals surface area contributed by atoms with Crippen molar-refractivity contribution in [2.24, 2.45) is 10.7 Å². The number of rotatable bonds is 8. The molecule has 0 saturated carbocycles. The van der Waals surface area contributed by atoms with E-state index in [0.29, 0.717) is 12.5 Å². The van der Waals surface area contributed by atoms with Gasteiger partial charge in [0.1, 0.15) is 0 Å². The smallest absolute Gasteiger partial charge is 0.370 e. The maximum Gasteiger partial charge on any atom is 0.416 e. The fourth-order valence-corrected chi connectivity index (χ4v) is 2.48. The van der Waals surface area contributed by atoms with Crippen LogP contribution in [0.4, 0.5) is 13.2 Å². The van der Waals surface area contributed by atoms with Crippen molar-refractivity contribution in [3.63, 3.8) is 0 Å². The van der Waals surface area contributed by atoms with Gasteiger partial charge in [-0.1, -0.05) is 32.9 Å². The quantitative estimate of drug-likeness (QED) is 0.342. The predicted molar refractivity (Wildman–Crippen MR) is 107 cm³/mol. The van der Waals surface area contributed by atoms with E-state index < -0.39 is 11.7 Å². The van der Waals surface area contributed by atoms with E-state index >= 15 is 0 Å². The van der Waals surface area contributed by atoms with Gasteiger partial charge in [-0.05, 0) is 37.2 Å². The van der Waals surface area contributed by atoms with Gasteiger partial charge in [-0.15, -0.1) is 24.0 Å². The third-order valence-corrected chi connectivity index (χ3v) is 3.87. The SMILES string of the molecule is CCCNC(N)=NCC(c1ccc(C(F)(F)F)cc1)N(CC)CC.I. The molecule has 8 heteroatoms. The Bertz CT molecular complexity index is 514. The molecule has 0 aliphatic carbocycles. The lowest BCUT2D eigenvalue weighted by molar-refractivity contribution is -0.137. The van der Waals surface area contributed by atoms with Gasteiger partial charge in [-0.3, -0.25) is 9.89 Å². The average Bonchev–Trinajstić information content (AvgIpc) is 2.56. The molecule has 0 aromatic heterocycles. The first-order valence-corrected chi connectivity index (χ1v) is 8.28. The Kier molecular flexibility index (Phi) is 11.1. The number of aliphatic imine (C=N–C) groups is 1. The van der Waals surface area contributed by atoms with Crippen LogP contribution in [0.5, 0.6) is 0 Å². The molecule has 0 aliphatic rings.